The van der Waals surface area contributed by atoms with Crippen molar-refractivity contribution in [1.82, 2.24) is 20.6 Å². The number of rotatable bonds is 13. The third kappa shape index (κ3) is 8.78. The van der Waals surface area contributed by atoms with E-state index in [1.54, 1.807) is 12.1 Å². The fourth-order valence-corrected chi connectivity index (χ4v) is 3.09. The maximum atomic E-state index is 13.0. The van der Waals surface area contributed by atoms with Gasteiger partial charge in [-0.15, -0.1) is 0 Å². The highest BCUT2D eigenvalue weighted by molar-refractivity contribution is 5.92. The van der Waals surface area contributed by atoms with Crippen LogP contribution in [0.1, 0.15) is 24.1 Å². The SMILES string of the molecule is NC(N)=NCCC[C@H](N)C(=O)N[C@@H](Cc1ccc(O)cc1)C(=O)N[C@@H](Cc1cnc[nH]1)C(=O)O. The van der Waals surface area contributed by atoms with E-state index in [2.05, 4.69) is 25.6 Å². The number of aliphatic carboxylic acids is 1. The van der Waals surface area contributed by atoms with Crippen LogP contribution in [0.25, 0.3) is 0 Å². The summed E-state index contributed by atoms with van der Waals surface area (Å²) >= 11 is 0. The minimum absolute atomic E-state index is 0.0226. The van der Waals surface area contributed by atoms with Crippen LogP contribution in [0.2, 0.25) is 0 Å². The number of carboxylic acids is 1. The number of carbonyl (C=O) groups is 3. The second kappa shape index (κ2) is 12.8. The standard InChI is InChI=1S/C21H30N8O5/c22-15(2-1-7-26-21(23)24)18(31)28-16(8-12-3-5-14(30)6-4-12)19(32)29-17(20(33)34)9-13-10-25-11-27-13/h3-6,10-11,15-17,30H,1-2,7-9,22H2,(H,25,27)(H,28,31)(H,29,32)(H,33,34)(H4,23,24,26)/t15-,16-,17-/m0/s1. The van der Waals surface area contributed by atoms with E-state index in [0.717, 1.165) is 0 Å². The molecule has 184 valence electrons. The lowest BCUT2D eigenvalue weighted by molar-refractivity contribution is -0.142. The van der Waals surface area contributed by atoms with Crippen LogP contribution in [0.15, 0.2) is 41.8 Å². The van der Waals surface area contributed by atoms with E-state index < -0.39 is 35.9 Å². The lowest BCUT2D eigenvalue weighted by atomic mass is 10.0. The Labute approximate surface area is 195 Å². The van der Waals surface area contributed by atoms with Gasteiger partial charge in [-0.25, -0.2) is 9.78 Å². The van der Waals surface area contributed by atoms with Crippen LogP contribution in [0.3, 0.4) is 0 Å². The number of phenols is 1. The molecule has 13 nitrogen and oxygen atoms in total. The number of aliphatic imine (C=N–C) groups is 1. The molecular formula is C21H30N8O5. The van der Waals surface area contributed by atoms with Crippen molar-refractivity contribution in [3.05, 3.63) is 48.0 Å². The Morgan fingerprint density at radius 1 is 1.06 bits per heavy atom. The Balaban J connectivity index is 2.09. The summed E-state index contributed by atoms with van der Waals surface area (Å²) in [5, 5.41) is 24.1. The van der Waals surface area contributed by atoms with Gasteiger partial charge in [0.2, 0.25) is 11.8 Å². The fourth-order valence-electron chi connectivity index (χ4n) is 3.09. The Morgan fingerprint density at radius 2 is 1.74 bits per heavy atom. The topological polar surface area (TPSA) is 235 Å². The van der Waals surface area contributed by atoms with Crippen LogP contribution < -0.4 is 27.8 Å². The number of phenolic OH excluding ortho intramolecular Hbond substituents is 1. The highest BCUT2D eigenvalue weighted by atomic mass is 16.4. The number of aromatic amines is 1. The minimum Gasteiger partial charge on any atom is -0.508 e. The summed E-state index contributed by atoms with van der Waals surface area (Å²) in [6, 6.07) is 2.79. The number of carbonyl (C=O) groups excluding carboxylic acids is 2. The monoisotopic (exact) mass is 474 g/mol. The van der Waals surface area contributed by atoms with Gasteiger partial charge in [0.05, 0.1) is 12.4 Å². The molecule has 0 unspecified atom stereocenters. The number of hydrogen-bond donors (Lipinski definition) is 8. The molecule has 13 heteroatoms. The number of H-pyrrole nitrogens is 1. The van der Waals surface area contributed by atoms with Crippen LogP contribution in [0.4, 0.5) is 0 Å². The molecule has 1 aromatic carbocycles. The largest absolute Gasteiger partial charge is 0.508 e. The van der Waals surface area contributed by atoms with Crippen molar-refractivity contribution in [2.24, 2.45) is 22.2 Å². The zero-order valence-corrected chi connectivity index (χ0v) is 18.5. The van der Waals surface area contributed by atoms with Gasteiger partial charge in [0.25, 0.3) is 0 Å². The second-order valence-corrected chi connectivity index (χ2v) is 7.67. The molecule has 0 radical (unpaired) electrons. The summed E-state index contributed by atoms with van der Waals surface area (Å²) in [5.74, 6) is -2.53. The van der Waals surface area contributed by atoms with E-state index in [1.807, 2.05) is 0 Å². The fraction of sp³-hybridized carbons (Fsp3) is 0.381. The van der Waals surface area contributed by atoms with Crippen molar-refractivity contribution in [3.8, 4) is 5.75 Å². The summed E-state index contributed by atoms with van der Waals surface area (Å²) in [4.78, 5) is 47.8. The van der Waals surface area contributed by atoms with Crippen LogP contribution >= 0.6 is 0 Å². The first-order chi connectivity index (χ1) is 16.2. The molecule has 0 aliphatic heterocycles. The average Bonchev–Trinajstić information content (AvgIpc) is 3.30. The van der Waals surface area contributed by atoms with Gasteiger partial charge in [-0.05, 0) is 30.5 Å². The zero-order chi connectivity index (χ0) is 25.1. The number of benzene rings is 1. The molecule has 0 saturated carbocycles. The summed E-state index contributed by atoms with van der Waals surface area (Å²) in [5.41, 5.74) is 17.6. The van der Waals surface area contributed by atoms with Gasteiger partial charge in [-0.1, -0.05) is 12.1 Å². The Bertz CT molecular complexity index is 974. The molecule has 0 fully saturated rings. The van der Waals surface area contributed by atoms with Crippen molar-refractivity contribution < 1.29 is 24.6 Å². The number of aromatic hydroxyl groups is 1. The molecule has 0 aliphatic carbocycles. The van der Waals surface area contributed by atoms with Gasteiger partial charge < -0.3 is 43.0 Å². The van der Waals surface area contributed by atoms with Crippen molar-refractivity contribution in [2.45, 2.75) is 43.8 Å². The predicted molar refractivity (Wildman–Crippen MR) is 123 cm³/mol. The minimum atomic E-state index is -1.25. The molecule has 1 aromatic heterocycles. The van der Waals surface area contributed by atoms with E-state index >= 15 is 0 Å². The first-order valence-electron chi connectivity index (χ1n) is 10.6. The predicted octanol–water partition coefficient (Wildman–Crippen LogP) is -1.66. The van der Waals surface area contributed by atoms with Gasteiger partial charge >= 0.3 is 5.97 Å². The summed E-state index contributed by atoms with van der Waals surface area (Å²) in [7, 11) is 0. The van der Waals surface area contributed by atoms with Crippen LogP contribution in [-0.2, 0) is 27.2 Å². The molecule has 0 aliphatic rings. The number of nitrogens with two attached hydrogens (primary N) is 3. The van der Waals surface area contributed by atoms with E-state index in [0.29, 0.717) is 24.2 Å². The Hall–Kier alpha value is -4.13. The number of carboxylic acid groups (broad SMARTS) is 1. The van der Waals surface area contributed by atoms with Crippen molar-refractivity contribution in [2.75, 3.05) is 6.54 Å². The number of guanidine groups is 1. The summed E-state index contributed by atoms with van der Waals surface area (Å²) in [6.07, 6.45) is 3.61. The summed E-state index contributed by atoms with van der Waals surface area (Å²) < 4.78 is 0. The van der Waals surface area contributed by atoms with Crippen LogP contribution in [0.5, 0.6) is 5.75 Å². The van der Waals surface area contributed by atoms with Crippen molar-refractivity contribution >= 4 is 23.7 Å². The molecule has 2 amide bonds. The van der Waals surface area contributed by atoms with Crippen molar-refractivity contribution in [3.63, 3.8) is 0 Å². The smallest absolute Gasteiger partial charge is 0.326 e. The van der Waals surface area contributed by atoms with Crippen molar-refractivity contribution in [1.29, 1.82) is 0 Å². The number of imidazole rings is 1. The van der Waals surface area contributed by atoms with E-state index in [4.69, 9.17) is 17.2 Å². The maximum Gasteiger partial charge on any atom is 0.326 e. The van der Waals surface area contributed by atoms with E-state index in [-0.39, 0.29) is 31.0 Å². The average molecular weight is 475 g/mol. The Kier molecular flexibility index (Phi) is 9.83. The van der Waals surface area contributed by atoms with Crippen LogP contribution in [-0.4, -0.2) is 68.6 Å². The first-order valence-corrected chi connectivity index (χ1v) is 10.6. The second-order valence-electron chi connectivity index (χ2n) is 7.67. The molecule has 11 N–H and O–H groups in total. The number of nitrogens with one attached hydrogen (secondary N) is 3. The van der Waals surface area contributed by atoms with Gasteiger partial charge in [-0.3, -0.25) is 14.6 Å². The highest BCUT2D eigenvalue weighted by Gasteiger charge is 2.28. The van der Waals surface area contributed by atoms with E-state index in [1.165, 1.54) is 24.7 Å². The number of aromatic nitrogens is 2. The molecule has 0 bridgehead atoms. The number of nitrogens with zero attached hydrogens (tertiary/aromatic N) is 2. The van der Waals surface area contributed by atoms with Gasteiger partial charge in [0.1, 0.15) is 17.8 Å². The lowest BCUT2D eigenvalue weighted by Gasteiger charge is -2.23. The van der Waals surface area contributed by atoms with Gasteiger partial charge in [-0.2, -0.15) is 0 Å². The molecule has 2 rings (SSSR count). The molecule has 2 aromatic rings. The van der Waals surface area contributed by atoms with Gasteiger partial charge in [0, 0.05) is 31.3 Å². The number of amides is 2. The van der Waals surface area contributed by atoms with Crippen LogP contribution in [0, 0.1) is 0 Å². The molecule has 3 atom stereocenters. The normalized spacial score (nSPS) is 13.3. The van der Waals surface area contributed by atoms with Gasteiger partial charge in [0.15, 0.2) is 5.96 Å². The highest BCUT2D eigenvalue weighted by Crippen LogP contribution is 2.12. The quantitative estimate of drug-likeness (QED) is 0.0940. The number of hydrogen-bond acceptors (Lipinski definition) is 7. The molecular weight excluding hydrogens is 444 g/mol. The lowest BCUT2D eigenvalue weighted by Crippen LogP contribution is -2.55. The third-order valence-corrected chi connectivity index (χ3v) is 4.91. The first kappa shape index (κ1) is 26.1. The molecule has 34 heavy (non-hydrogen) atoms. The molecule has 0 spiro atoms. The maximum absolute atomic E-state index is 13.0. The third-order valence-electron chi connectivity index (χ3n) is 4.91. The Morgan fingerprint density at radius 3 is 2.32 bits per heavy atom. The molecule has 1 heterocycles. The molecule has 0 saturated heterocycles. The zero-order valence-electron chi connectivity index (χ0n) is 18.5. The summed E-state index contributed by atoms with van der Waals surface area (Å²) in [6.45, 7) is 0.300. The van der Waals surface area contributed by atoms with E-state index in [9.17, 15) is 24.6 Å².